The minimum absolute atomic E-state index is 0.0810. The summed E-state index contributed by atoms with van der Waals surface area (Å²) in [5, 5.41) is 0. The molecule has 63 valence electrons. The molecule has 0 aliphatic heterocycles. The lowest BCUT2D eigenvalue weighted by atomic mass is 10.1. The second kappa shape index (κ2) is 4.67. The second-order valence-electron chi connectivity index (χ2n) is 2.44. The number of methoxy groups -OCH3 is 1. The highest BCUT2D eigenvalue weighted by Gasteiger charge is 2.03. The van der Waals surface area contributed by atoms with Crippen LogP contribution in [-0.4, -0.2) is 19.5 Å². The first kappa shape index (κ1) is 8.94. The standard InChI is InChI=1S/C10H11O2/c1-12-8-7-10(11)9-5-3-2-4-6-9/h2-5H,7-8H2,1H3. The smallest absolute Gasteiger partial charge is 0.165 e. The molecule has 1 aromatic rings. The average Bonchev–Trinajstić information content (AvgIpc) is 2.15. The van der Waals surface area contributed by atoms with Crippen molar-refractivity contribution in [3.8, 4) is 0 Å². The first-order valence-electron chi connectivity index (χ1n) is 3.83. The number of hydrogen-bond acceptors (Lipinski definition) is 2. The number of carbonyl (C=O) groups is 1. The molecule has 0 amide bonds. The fourth-order valence-electron chi connectivity index (χ4n) is 0.896. The summed E-state index contributed by atoms with van der Waals surface area (Å²) in [5.74, 6) is 0.0810. The SMILES string of the molecule is COCCC(=O)c1[c]cccc1. The lowest BCUT2D eigenvalue weighted by molar-refractivity contribution is 0.0932. The van der Waals surface area contributed by atoms with E-state index in [2.05, 4.69) is 6.07 Å². The van der Waals surface area contributed by atoms with Crippen molar-refractivity contribution in [2.75, 3.05) is 13.7 Å². The van der Waals surface area contributed by atoms with Gasteiger partial charge in [0.1, 0.15) is 0 Å². The number of benzene rings is 1. The summed E-state index contributed by atoms with van der Waals surface area (Å²) in [4.78, 5) is 11.3. The van der Waals surface area contributed by atoms with Gasteiger partial charge in [-0.25, -0.2) is 0 Å². The van der Waals surface area contributed by atoms with Crippen LogP contribution in [0.1, 0.15) is 16.8 Å². The van der Waals surface area contributed by atoms with Gasteiger partial charge in [-0.3, -0.25) is 4.79 Å². The molecule has 0 saturated heterocycles. The van der Waals surface area contributed by atoms with Gasteiger partial charge in [0, 0.05) is 19.1 Å². The number of ketones is 1. The predicted octanol–water partition coefficient (Wildman–Crippen LogP) is 1.71. The van der Waals surface area contributed by atoms with Gasteiger partial charge in [-0.1, -0.05) is 24.3 Å². The molecule has 0 heterocycles. The highest BCUT2D eigenvalue weighted by atomic mass is 16.5. The number of hydrogen-bond donors (Lipinski definition) is 0. The number of Topliss-reactive ketones (excluding diaryl/α,β-unsaturated/α-hetero) is 1. The van der Waals surface area contributed by atoms with Crippen LogP contribution in [0.3, 0.4) is 0 Å². The molecule has 0 bridgehead atoms. The molecule has 0 atom stereocenters. The van der Waals surface area contributed by atoms with E-state index in [1.54, 1.807) is 19.2 Å². The summed E-state index contributed by atoms with van der Waals surface area (Å²) >= 11 is 0. The summed E-state index contributed by atoms with van der Waals surface area (Å²) < 4.78 is 4.80. The third-order valence-corrected chi connectivity index (χ3v) is 1.54. The summed E-state index contributed by atoms with van der Waals surface area (Å²) in [5.41, 5.74) is 0.634. The minimum Gasteiger partial charge on any atom is -0.384 e. The molecule has 0 aliphatic carbocycles. The van der Waals surface area contributed by atoms with Crippen LogP contribution >= 0.6 is 0 Å². The summed E-state index contributed by atoms with van der Waals surface area (Å²) in [7, 11) is 1.59. The van der Waals surface area contributed by atoms with Crippen LogP contribution in [0.4, 0.5) is 0 Å². The highest BCUT2D eigenvalue weighted by Crippen LogP contribution is 2.01. The second-order valence-corrected chi connectivity index (χ2v) is 2.44. The van der Waals surface area contributed by atoms with E-state index in [0.29, 0.717) is 18.6 Å². The van der Waals surface area contributed by atoms with E-state index in [1.807, 2.05) is 12.1 Å². The van der Waals surface area contributed by atoms with Crippen molar-refractivity contribution in [3.63, 3.8) is 0 Å². The molecular formula is C10H11O2. The molecule has 0 saturated carbocycles. The monoisotopic (exact) mass is 163 g/mol. The largest absolute Gasteiger partial charge is 0.384 e. The summed E-state index contributed by atoms with van der Waals surface area (Å²) in [6.45, 7) is 0.474. The van der Waals surface area contributed by atoms with Gasteiger partial charge in [-0.05, 0) is 6.07 Å². The summed E-state index contributed by atoms with van der Waals surface area (Å²) in [6, 6.07) is 10.0. The highest BCUT2D eigenvalue weighted by molar-refractivity contribution is 5.95. The average molecular weight is 163 g/mol. The first-order chi connectivity index (χ1) is 5.84. The Morgan fingerprint density at radius 1 is 1.58 bits per heavy atom. The van der Waals surface area contributed by atoms with Gasteiger partial charge in [0.2, 0.25) is 0 Å². The van der Waals surface area contributed by atoms with Crippen molar-refractivity contribution >= 4 is 5.78 Å². The quantitative estimate of drug-likeness (QED) is 0.631. The molecule has 12 heavy (non-hydrogen) atoms. The van der Waals surface area contributed by atoms with Crippen molar-refractivity contribution in [2.45, 2.75) is 6.42 Å². The molecule has 1 aromatic carbocycles. The zero-order valence-corrected chi connectivity index (χ0v) is 7.04. The fourth-order valence-corrected chi connectivity index (χ4v) is 0.896. The topological polar surface area (TPSA) is 26.3 Å². The van der Waals surface area contributed by atoms with Gasteiger partial charge < -0.3 is 4.74 Å². The van der Waals surface area contributed by atoms with Gasteiger partial charge in [-0.2, -0.15) is 0 Å². The molecule has 0 unspecified atom stereocenters. The maximum Gasteiger partial charge on any atom is 0.165 e. The Bertz CT molecular complexity index is 241. The van der Waals surface area contributed by atoms with Crippen LogP contribution < -0.4 is 0 Å². The first-order valence-corrected chi connectivity index (χ1v) is 3.83. The van der Waals surface area contributed by atoms with Gasteiger partial charge >= 0.3 is 0 Å². The molecule has 0 fully saturated rings. The van der Waals surface area contributed by atoms with Crippen LogP contribution in [0.2, 0.25) is 0 Å². The lowest BCUT2D eigenvalue weighted by Gasteiger charge is -1.98. The zero-order chi connectivity index (χ0) is 8.81. The van der Waals surface area contributed by atoms with Crippen molar-refractivity contribution in [2.24, 2.45) is 0 Å². The van der Waals surface area contributed by atoms with Crippen LogP contribution in [0.25, 0.3) is 0 Å². The third-order valence-electron chi connectivity index (χ3n) is 1.54. The number of carbonyl (C=O) groups excluding carboxylic acids is 1. The Morgan fingerprint density at radius 3 is 3.00 bits per heavy atom. The summed E-state index contributed by atoms with van der Waals surface area (Å²) in [6.07, 6.45) is 0.428. The Kier molecular flexibility index (Phi) is 3.48. The van der Waals surface area contributed by atoms with E-state index in [1.165, 1.54) is 0 Å². The van der Waals surface area contributed by atoms with Gasteiger partial charge in [0.15, 0.2) is 5.78 Å². The predicted molar refractivity (Wildman–Crippen MR) is 46.1 cm³/mol. The van der Waals surface area contributed by atoms with Crippen molar-refractivity contribution < 1.29 is 9.53 Å². The molecule has 0 aliphatic rings. The van der Waals surface area contributed by atoms with E-state index < -0.39 is 0 Å². The number of rotatable bonds is 4. The van der Waals surface area contributed by atoms with Crippen molar-refractivity contribution in [3.05, 3.63) is 35.9 Å². The molecule has 1 rings (SSSR count). The van der Waals surface area contributed by atoms with Gasteiger partial charge in [-0.15, -0.1) is 0 Å². The zero-order valence-electron chi connectivity index (χ0n) is 7.04. The van der Waals surface area contributed by atoms with Crippen LogP contribution in [0.15, 0.2) is 24.3 Å². The molecule has 0 N–H and O–H groups in total. The Hall–Kier alpha value is -1.15. The number of ether oxygens (including phenoxy) is 1. The lowest BCUT2D eigenvalue weighted by Crippen LogP contribution is -2.02. The Labute approximate surface area is 72.2 Å². The van der Waals surface area contributed by atoms with E-state index in [4.69, 9.17) is 4.74 Å². The maximum absolute atomic E-state index is 11.3. The maximum atomic E-state index is 11.3. The van der Waals surface area contributed by atoms with Crippen LogP contribution in [0.5, 0.6) is 0 Å². The van der Waals surface area contributed by atoms with Crippen molar-refractivity contribution in [1.29, 1.82) is 0 Å². The molecule has 0 spiro atoms. The minimum atomic E-state index is 0.0810. The van der Waals surface area contributed by atoms with E-state index in [9.17, 15) is 4.79 Å². The van der Waals surface area contributed by atoms with Crippen LogP contribution in [-0.2, 0) is 4.74 Å². The molecule has 2 nitrogen and oxygen atoms in total. The molecule has 2 heteroatoms. The van der Waals surface area contributed by atoms with Gasteiger partial charge in [0.25, 0.3) is 0 Å². The third kappa shape index (κ3) is 2.47. The van der Waals surface area contributed by atoms with Crippen molar-refractivity contribution in [1.82, 2.24) is 0 Å². The molecular weight excluding hydrogens is 152 g/mol. The van der Waals surface area contributed by atoms with Gasteiger partial charge in [0.05, 0.1) is 6.61 Å². The normalized spacial score (nSPS) is 9.75. The van der Waals surface area contributed by atoms with E-state index in [0.717, 1.165) is 0 Å². The molecule has 0 aromatic heterocycles. The van der Waals surface area contributed by atoms with E-state index in [-0.39, 0.29) is 5.78 Å². The fraction of sp³-hybridized carbons (Fsp3) is 0.300. The molecule has 1 radical (unpaired) electrons. The Balaban J connectivity index is 2.54. The Morgan fingerprint density at radius 2 is 2.42 bits per heavy atom. The van der Waals surface area contributed by atoms with E-state index >= 15 is 0 Å². The van der Waals surface area contributed by atoms with Crippen LogP contribution in [0, 0.1) is 6.07 Å².